The van der Waals surface area contributed by atoms with E-state index in [9.17, 15) is 18.3 Å². The first-order valence-corrected chi connectivity index (χ1v) is 13.9. The maximum absolute atomic E-state index is 12.8. The van der Waals surface area contributed by atoms with Gasteiger partial charge >= 0.3 is 0 Å². The number of aliphatic hydroxyl groups excluding tert-OH is 1. The lowest BCUT2D eigenvalue weighted by Gasteiger charge is -2.23. The number of fused-ring (bicyclic) bond motifs is 2. The number of benzene rings is 1. The predicted molar refractivity (Wildman–Crippen MR) is 137 cm³/mol. The van der Waals surface area contributed by atoms with Crippen molar-refractivity contribution in [1.29, 1.82) is 0 Å². The van der Waals surface area contributed by atoms with Crippen molar-refractivity contribution < 1.29 is 18.3 Å². The highest BCUT2D eigenvalue weighted by Crippen LogP contribution is 2.41. The first kappa shape index (κ1) is 24.5. The molecule has 36 heavy (non-hydrogen) atoms. The molecule has 1 saturated carbocycles. The number of sulfonamides is 1. The van der Waals surface area contributed by atoms with E-state index >= 15 is 0 Å². The molecule has 3 aromatic rings. The third-order valence-corrected chi connectivity index (χ3v) is 7.53. The quantitative estimate of drug-likeness (QED) is 0.354. The highest BCUT2D eigenvalue weighted by molar-refractivity contribution is 7.92. The van der Waals surface area contributed by atoms with Crippen LogP contribution in [-0.4, -0.2) is 63.9 Å². The molecule has 3 heterocycles. The summed E-state index contributed by atoms with van der Waals surface area (Å²) in [6.45, 7) is 5.11. The van der Waals surface area contributed by atoms with Crippen LogP contribution >= 0.6 is 0 Å². The van der Waals surface area contributed by atoms with E-state index in [-0.39, 0.29) is 23.6 Å². The number of amides is 1. The molecule has 1 aliphatic carbocycles. The summed E-state index contributed by atoms with van der Waals surface area (Å²) >= 11 is 0. The van der Waals surface area contributed by atoms with Crippen LogP contribution in [0.4, 0.5) is 11.5 Å². The summed E-state index contributed by atoms with van der Waals surface area (Å²) < 4.78 is 28.4. The van der Waals surface area contributed by atoms with Crippen LogP contribution in [0.5, 0.6) is 0 Å². The molecule has 2 aromatic heterocycles. The number of carbonyl (C=O) groups is 1. The monoisotopic (exact) mass is 513 g/mol. The summed E-state index contributed by atoms with van der Waals surface area (Å²) in [5.74, 6) is 0.242. The van der Waals surface area contributed by atoms with Gasteiger partial charge in [0.1, 0.15) is 5.56 Å². The Morgan fingerprint density at radius 2 is 2.03 bits per heavy atom. The molecule has 1 amide bonds. The zero-order chi connectivity index (χ0) is 25.8. The second-order valence-corrected chi connectivity index (χ2v) is 11.7. The van der Waals surface area contributed by atoms with Crippen molar-refractivity contribution >= 4 is 33.1 Å². The largest absolute Gasteiger partial charge is 0.394 e. The van der Waals surface area contributed by atoms with Gasteiger partial charge in [-0.2, -0.15) is 0 Å². The Kier molecular flexibility index (Phi) is 6.13. The van der Waals surface area contributed by atoms with Crippen molar-refractivity contribution in [3.8, 4) is 11.3 Å². The van der Waals surface area contributed by atoms with Crippen molar-refractivity contribution in [2.24, 2.45) is 5.92 Å². The Morgan fingerprint density at radius 1 is 1.28 bits per heavy atom. The number of carbonyl (C=O) groups excluding carboxylic acids is 1. The van der Waals surface area contributed by atoms with Crippen LogP contribution in [0.15, 0.2) is 24.4 Å². The first-order valence-electron chi connectivity index (χ1n) is 12.0. The van der Waals surface area contributed by atoms with Gasteiger partial charge in [-0.25, -0.2) is 17.9 Å². The molecule has 0 unspecified atom stereocenters. The van der Waals surface area contributed by atoms with Gasteiger partial charge in [-0.15, -0.1) is 5.10 Å². The predicted octanol–water partition coefficient (Wildman–Crippen LogP) is 1.57. The highest BCUT2D eigenvalue weighted by atomic mass is 32.2. The van der Waals surface area contributed by atoms with Crippen LogP contribution in [-0.2, 0) is 23.1 Å². The van der Waals surface area contributed by atoms with Gasteiger partial charge in [-0.1, -0.05) is 0 Å². The van der Waals surface area contributed by atoms with Crippen LogP contribution in [0.3, 0.4) is 0 Å². The molecule has 5 N–H and O–H groups in total. The van der Waals surface area contributed by atoms with Gasteiger partial charge in [0.15, 0.2) is 11.5 Å². The van der Waals surface area contributed by atoms with Crippen LogP contribution < -0.4 is 15.8 Å². The molecular formula is C24H31N7O4S. The van der Waals surface area contributed by atoms with E-state index in [1.54, 1.807) is 25.3 Å². The topological polar surface area (TPSA) is 155 Å². The third-order valence-electron chi connectivity index (χ3n) is 6.94. The summed E-state index contributed by atoms with van der Waals surface area (Å²) in [5, 5.41) is 16.2. The van der Waals surface area contributed by atoms with E-state index in [2.05, 4.69) is 31.9 Å². The number of nitrogens with one attached hydrogen (secondary N) is 2. The number of hydrogen-bond acceptors (Lipinski definition) is 8. The summed E-state index contributed by atoms with van der Waals surface area (Å²) in [5.41, 5.74) is 10.3. The molecule has 2 aliphatic rings. The normalized spacial score (nSPS) is 17.7. The lowest BCUT2D eigenvalue weighted by Crippen LogP contribution is -2.35. The smallest absolute Gasteiger partial charge is 0.259 e. The van der Waals surface area contributed by atoms with E-state index in [0.29, 0.717) is 29.9 Å². The molecule has 0 radical (unpaired) electrons. The lowest BCUT2D eigenvalue weighted by molar-refractivity contribution is 0.0924. The fourth-order valence-electron chi connectivity index (χ4n) is 4.81. The maximum atomic E-state index is 12.8. The van der Waals surface area contributed by atoms with Gasteiger partial charge in [0.2, 0.25) is 10.0 Å². The molecule has 0 spiro atoms. The Bertz CT molecular complexity index is 1450. The molecule has 5 rings (SSSR count). The zero-order valence-corrected chi connectivity index (χ0v) is 21.3. The van der Waals surface area contributed by atoms with Gasteiger partial charge in [0.05, 0.1) is 24.2 Å². The maximum Gasteiger partial charge on any atom is 0.259 e. The number of nitrogens with two attached hydrogens (primary N) is 1. The average molecular weight is 514 g/mol. The first-order chi connectivity index (χ1) is 17.0. The minimum absolute atomic E-state index is 0.0281. The van der Waals surface area contributed by atoms with Gasteiger partial charge in [-0.05, 0) is 61.9 Å². The van der Waals surface area contributed by atoms with E-state index in [1.165, 1.54) is 17.4 Å². The fraction of sp³-hybridized carbons (Fsp3) is 0.458. The molecule has 0 saturated heterocycles. The minimum Gasteiger partial charge on any atom is -0.394 e. The molecule has 12 heteroatoms. The Labute approximate surface area is 209 Å². The molecule has 1 aromatic carbocycles. The summed E-state index contributed by atoms with van der Waals surface area (Å²) in [7, 11) is -3.50. The lowest BCUT2D eigenvalue weighted by atomic mass is 10.0. The second kappa shape index (κ2) is 9.02. The van der Waals surface area contributed by atoms with Crippen LogP contribution in [0.1, 0.15) is 48.2 Å². The van der Waals surface area contributed by atoms with Crippen molar-refractivity contribution in [2.45, 2.75) is 51.9 Å². The van der Waals surface area contributed by atoms with Crippen LogP contribution in [0, 0.1) is 5.92 Å². The number of aromatic nitrogens is 3. The molecule has 2 atom stereocenters. The van der Waals surface area contributed by atoms with E-state index in [4.69, 9.17) is 5.73 Å². The molecule has 1 aliphatic heterocycles. The highest BCUT2D eigenvalue weighted by Gasteiger charge is 2.35. The standard InChI is InChI=1S/C24H31N7O4S/c1-13(12-32)26-24(33)21-22(25)28-31-7-6-19(27-23(21)31)16-8-17-10-30(14(2)15-4-5-15)11-18(17)20(9-16)29-36(3,34)35/h6-9,13-15,29,32H,4-5,10-12H2,1-3H3,(H2,25,28)(H,26,33)/t13-,14+/m1/s1. The van der Waals surface area contributed by atoms with Crippen molar-refractivity contribution in [2.75, 3.05) is 23.3 Å². The number of nitrogen functional groups attached to an aromatic ring is 1. The SMILES string of the molecule is C[C@H](CO)NC(=O)c1c(N)nn2ccc(-c3cc4c(c(NS(C)(=O)=O)c3)CN([C@@H](C)C3CC3)C4)nc12. The summed E-state index contributed by atoms with van der Waals surface area (Å²) in [6, 6.07) is 5.55. The van der Waals surface area contributed by atoms with Gasteiger partial charge < -0.3 is 16.2 Å². The summed E-state index contributed by atoms with van der Waals surface area (Å²) in [6.07, 6.45) is 5.28. The minimum atomic E-state index is -3.50. The summed E-state index contributed by atoms with van der Waals surface area (Å²) in [4.78, 5) is 19.9. The van der Waals surface area contributed by atoms with Crippen LogP contribution in [0.2, 0.25) is 0 Å². The number of nitrogens with zero attached hydrogens (tertiary/aromatic N) is 4. The third kappa shape index (κ3) is 4.75. The van der Waals surface area contributed by atoms with Gasteiger partial charge in [0, 0.05) is 36.9 Å². The van der Waals surface area contributed by atoms with Crippen LogP contribution in [0.25, 0.3) is 16.9 Å². The number of hydrogen-bond donors (Lipinski definition) is 4. The van der Waals surface area contributed by atoms with Crippen molar-refractivity contribution in [1.82, 2.24) is 24.8 Å². The Balaban J connectivity index is 1.56. The number of rotatable bonds is 8. The Morgan fingerprint density at radius 3 is 2.69 bits per heavy atom. The molecular weight excluding hydrogens is 482 g/mol. The second-order valence-electron chi connectivity index (χ2n) is 9.92. The van der Waals surface area contributed by atoms with Gasteiger partial charge in [0.25, 0.3) is 5.91 Å². The van der Waals surface area contributed by atoms with Crippen molar-refractivity contribution in [3.63, 3.8) is 0 Å². The van der Waals surface area contributed by atoms with E-state index in [0.717, 1.165) is 29.5 Å². The Hall–Kier alpha value is -3.22. The number of aliphatic hydroxyl groups is 1. The molecule has 11 nitrogen and oxygen atoms in total. The molecule has 0 bridgehead atoms. The fourth-order valence-corrected chi connectivity index (χ4v) is 5.39. The molecule has 192 valence electrons. The average Bonchev–Trinajstić information content (AvgIpc) is 3.47. The number of anilines is 2. The molecule has 1 fully saturated rings. The van der Waals surface area contributed by atoms with E-state index in [1.807, 2.05) is 6.07 Å². The van der Waals surface area contributed by atoms with Gasteiger partial charge in [-0.3, -0.25) is 14.4 Å². The zero-order valence-electron chi connectivity index (χ0n) is 20.5. The van der Waals surface area contributed by atoms with E-state index < -0.39 is 22.0 Å². The van der Waals surface area contributed by atoms with Crippen molar-refractivity contribution in [3.05, 3.63) is 41.1 Å².